The molecule has 3 aromatic rings. The van der Waals surface area contributed by atoms with Gasteiger partial charge in [-0.3, -0.25) is 0 Å². The predicted molar refractivity (Wildman–Crippen MR) is 102 cm³/mol. The van der Waals surface area contributed by atoms with E-state index in [-0.39, 0.29) is 0 Å². The van der Waals surface area contributed by atoms with E-state index in [9.17, 15) is 28.0 Å². The number of rotatable bonds is 1. The van der Waals surface area contributed by atoms with Crippen molar-refractivity contribution in [1.82, 2.24) is 0 Å². The molecule has 3 rings (SSSR count). The fraction of sp³-hybridized carbons (Fsp3) is 0. The molecule has 1 aromatic carbocycles. The van der Waals surface area contributed by atoms with E-state index in [4.69, 9.17) is 0 Å². The van der Waals surface area contributed by atoms with Crippen LogP contribution >= 0.6 is 45.2 Å². The van der Waals surface area contributed by atoms with Crippen LogP contribution in [0.15, 0.2) is 49.1 Å². The third kappa shape index (κ3) is 4.72. The van der Waals surface area contributed by atoms with Gasteiger partial charge in [0.15, 0.2) is 48.1 Å². The molecule has 0 aliphatic rings. The van der Waals surface area contributed by atoms with Crippen LogP contribution in [-0.2, 0) is 0 Å². The minimum absolute atomic E-state index is 0.664. The van der Waals surface area contributed by atoms with Crippen LogP contribution in [0.2, 0.25) is 0 Å². The number of aromatic nitrogens is 2. The summed E-state index contributed by atoms with van der Waals surface area (Å²) >= 11 is 2.41. The molecule has 0 saturated carbocycles. The minimum atomic E-state index is -1.35. The zero-order valence-electron chi connectivity index (χ0n) is 12.6. The Balaban J connectivity index is 0.000000190. The molecule has 0 bridgehead atoms. The van der Waals surface area contributed by atoms with Gasteiger partial charge in [-0.05, 0) is 56.3 Å². The molecule has 136 valence electrons. The summed E-state index contributed by atoms with van der Waals surface area (Å²) in [6.07, 6.45) is 5.70. The molecule has 0 N–H and O–H groups in total. The van der Waals surface area contributed by atoms with E-state index < -0.39 is 30.4 Å². The zero-order chi connectivity index (χ0) is 19.4. The maximum atomic E-state index is 12.6. The SMILES string of the molecule is Fc1c(F)c(I)c(F)c(F)c1I.[O-][n+]1ccc(-c2cc[n+]([O-])cc2)cc1. The average Bonchev–Trinajstić information content (AvgIpc) is 2.65. The summed E-state index contributed by atoms with van der Waals surface area (Å²) in [5.74, 6) is -5.39. The van der Waals surface area contributed by atoms with Crippen LogP contribution in [0.3, 0.4) is 0 Å². The highest BCUT2D eigenvalue weighted by molar-refractivity contribution is 14.1. The van der Waals surface area contributed by atoms with Gasteiger partial charge in [-0.1, -0.05) is 0 Å². The van der Waals surface area contributed by atoms with Crippen LogP contribution in [0, 0.1) is 40.8 Å². The quantitative estimate of drug-likeness (QED) is 0.107. The fourth-order valence-electron chi connectivity index (χ4n) is 1.79. The Morgan fingerprint density at radius 3 is 1.04 bits per heavy atom. The highest BCUT2D eigenvalue weighted by Gasteiger charge is 2.21. The van der Waals surface area contributed by atoms with Crippen LogP contribution in [0.25, 0.3) is 11.1 Å². The first kappa shape index (κ1) is 20.6. The first-order chi connectivity index (χ1) is 12.2. The van der Waals surface area contributed by atoms with Gasteiger partial charge in [-0.2, -0.15) is 9.46 Å². The van der Waals surface area contributed by atoms with Crippen molar-refractivity contribution in [3.63, 3.8) is 0 Å². The fourth-order valence-corrected chi connectivity index (χ4v) is 2.74. The average molecular weight is 590 g/mol. The Morgan fingerprint density at radius 1 is 0.577 bits per heavy atom. The number of nitrogens with zero attached hydrogens (tertiary/aromatic N) is 2. The molecule has 0 unspecified atom stereocenters. The lowest BCUT2D eigenvalue weighted by Gasteiger charge is -2.02. The summed E-state index contributed by atoms with van der Waals surface area (Å²) < 4.78 is 50.7. The summed E-state index contributed by atoms with van der Waals surface area (Å²) in [4.78, 5) is 0. The molecule has 0 radical (unpaired) electrons. The van der Waals surface area contributed by atoms with Gasteiger partial charge < -0.3 is 10.4 Å². The largest absolute Gasteiger partial charge is 0.619 e. The second-order valence-electron chi connectivity index (χ2n) is 4.78. The van der Waals surface area contributed by atoms with E-state index in [1.165, 1.54) is 70.0 Å². The van der Waals surface area contributed by atoms with Gasteiger partial charge in [-0.25, -0.2) is 17.6 Å². The molecule has 0 amide bonds. The molecule has 0 aliphatic heterocycles. The van der Waals surface area contributed by atoms with Crippen LogP contribution in [-0.4, -0.2) is 0 Å². The molecular formula is C16H8F4I2N2O2. The van der Waals surface area contributed by atoms with Crippen LogP contribution in [0.5, 0.6) is 0 Å². The van der Waals surface area contributed by atoms with Crippen molar-refractivity contribution in [2.75, 3.05) is 0 Å². The summed E-state index contributed by atoms with van der Waals surface area (Å²) in [5, 5.41) is 21.5. The van der Waals surface area contributed by atoms with E-state index >= 15 is 0 Å². The third-order valence-corrected chi connectivity index (χ3v) is 4.99. The second-order valence-corrected chi connectivity index (χ2v) is 6.93. The Bertz CT molecular complexity index is 775. The van der Waals surface area contributed by atoms with Gasteiger partial charge in [0.2, 0.25) is 0 Å². The van der Waals surface area contributed by atoms with Crippen molar-refractivity contribution < 1.29 is 27.0 Å². The summed E-state index contributed by atoms with van der Waals surface area (Å²) in [5.41, 5.74) is 1.83. The Morgan fingerprint density at radius 2 is 0.808 bits per heavy atom. The van der Waals surface area contributed by atoms with Gasteiger partial charge in [-0.15, -0.1) is 0 Å². The second kappa shape index (κ2) is 8.79. The molecular weight excluding hydrogens is 582 g/mol. The number of hydrogen-bond acceptors (Lipinski definition) is 2. The molecule has 0 aliphatic carbocycles. The third-order valence-electron chi connectivity index (χ3n) is 3.09. The van der Waals surface area contributed by atoms with Crippen LogP contribution in [0.4, 0.5) is 17.6 Å². The van der Waals surface area contributed by atoms with E-state index in [1.54, 1.807) is 24.3 Å². The summed E-state index contributed by atoms with van der Waals surface area (Å²) in [7, 11) is 0. The topological polar surface area (TPSA) is 53.9 Å². The molecule has 0 atom stereocenters. The zero-order valence-corrected chi connectivity index (χ0v) is 16.9. The van der Waals surface area contributed by atoms with E-state index in [0.717, 1.165) is 20.6 Å². The van der Waals surface area contributed by atoms with Crippen molar-refractivity contribution >= 4 is 45.2 Å². The van der Waals surface area contributed by atoms with Crippen molar-refractivity contribution in [3.8, 4) is 11.1 Å². The number of benzene rings is 1. The normalized spacial score (nSPS) is 10.2. The minimum Gasteiger partial charge on any atom is -0.619 e. The van der Waals surface area contributed by atoms with Crippen molar-refractivity contribution in [2.45, 2.75) is 0 Å². The van der Waals surface area contributed by atoms with Crippen LogP contribution in [0.1, 0.15) is 0 Å². The van der Waals surface area contributed by atoms with Gasteiger partial charge >= 0.3 is 0 Å². The standard InChI is InChI=1S/C10H8N2O2.C6F4I2/c13-11-5-1-9(2-6-11)10-3-7-12(14)8-4-10;7-1-2(8)6(12)4(10)3(9)5(1)11/h1-8H;. The van der Waals surface area contributed by atoms with Gasteiger partial charge in [0, 0.05) is 24.3 Å². The highest BCUT2D eigenvalue weighted by Crippen LogP contribution is 2.26. The molecule has 0 spiro atoms. The Hall–Kier alpha value is -1.70. The maximum Gasteiger partial charge on any atom is 0.180 e. The molecule has 0 saturated heterocycles. The highest BCUT2D eigenvalue weighted by atomic mass is 127. The van der Waals surface area contributed by atoms with E-state index in [1.807, 2.05) is 0 Å². The molecule has 2 heterocycles. The number of halogens is 6. The Labute approximate surface area is 172 Å². The number of pyridine rings is 2. The lowest BCUT2D eigenvalue weighted by Crippen LogP contribution is -2.24. The first-order valence-electron chi connectivity index (χ1n) is 6.77. The van der Waals surface area contributed by atoms with Crippen molar-refractivity contribution in [1.29, 1.82) is 0 Å². The maximum absolute atomic E-state index is 12.6. The Kier molecular flexibility index (Phi) is 6.97. The van der Waals surface area contributed by atoms with Crippen molar-refractivity contribution in [3.05, 3.63) is 89.9 Å². The summed E-state index contributed by atoms with van der Waals surface area (Å²) in [6.45, 7) is 0. The lowest BCUT2D eigenvalue weighted by atomic mass is 10.1. The predicted octanol–water partition coefficient (Wildman–Crippen LogP) is 4.07. The van der Waals surface area contributed by atoms with Crippen molar-refractivity contribution in [2.24, 2.45) is 0 Å². The summed E-state index contributed by atoms with van der Waals surface area (Å²) in [6, 6.07) is 6.82. The molecule has 26 heavy (non-hydrogen) atoms. The van der Waals surface area contributed by atoms with Gasteiger partial charge in [0.05, 0.1) is 7.14 Å². The molecule has 0 fully saturated rings. The van der Waals surface area contributed by atoms with E-state index in [0.29, 0.717) is 0 Å². The monoisotopic (exact) mass is 590 g/mol. The lowest BCUT2D eigenvalue weighted by molar-refractivity contribution is -0.605. The molecule has 4 nitrogen and oxygen atoms in total. The number of hydrogen-bond donors (Lipinski definition) is 0. The first-order valence-corrected chi connectivity index (χ1v) is 8.93. The van der Waals surface area contributed by atoms with Gasteiger partial charge in [0.1, 0.15) is 0 Å². The van der Waals surface area contributed by atoms with E-state index in [2.05, 4.69) is 0 Å². The van der Waals surface area contributed by atoms with Crippen LogP contribution < -0.4 is 9.46 Å². The van der Waals surface area contributed by atoms with Gasteiger partial charge in [0.25, 0.3) is 0 Å². The smallest absolute Gasteiger partial charge is 0.180 e. The molecule has 10 heteroatoms. The molecule has 2 aromatic heterocycles.